The number of hydrogen-bond acceptors (Lipinski definition) is 4. The number of carboxylic acid groups (broad SMARTS) is 1. The molecule has 1 heterocycles. The molecule has 6 nitrogen and oxygen atoms in total. The van der Waals surface area contributed by atoms with Gasteiger partial charge in [-0.25, -0.2) is 9.48 Å². The molecule has 0 amide bonds. The summed E-state index contributed by atoms with van der Waals surface area (Å²) in [6.07, 6.45) is 0.179. The van der Waals surface area contributed by atoms with E-state index in [2.05, 4.69) is 10.3 Å². The van der Waals surface area contributed by atoms with Gasteiger partial charge in [0, 0.05) is 0 Å². The SMILES string of the molecule is CC(C)OCCn1nnc2cc(C(=O)O)ccc21. The number of aromatic nitrogens is 3. The van der Waals surface area contributed by atoms with E-state index in [-0.39, 0.29) is 11.7 Å². The molecule has 0 atom stereocenters. The van der Waals surface area contributed by atoms with E-state index in [9.17, 15) is 4.79 Å². The molecule has 1 aromatic carbocycles. The van der Waals surface area contributed by atoms with Gasteiger partial charge in [-0.2, -0.15) is 0 Å². The van der Waals surface area contributed by atoms with E-state index in [4.69, 9.17) is 9.84 Å². The highest BCUT2D eigenvalue weighted by atomic mass is 16.5. The maximum atomic E-state index is 10.8. The molecular weight excluding hydrogens is 234 g/mol. The fourth-order valence-electron chi connectivity index (χ4n) is 1.65. The van der Waals surface area contributed by atoms with Gasteiger partial charge in [0.1, 0.15) is 5.52 Å². The first-order chi connectivity index (χ1) is 8.58. The standard InChI is InChI=1S/C12H15N3O3/c1-8(2)18-6-5-15-11-4-3-9(12(16)17)7-10(11)13-14-15/h3-4,7-8H,5-6H2,1-2H3,(H,16,17). The highest BCUT2D eigenvalue weighted by Crippen LogP contribution is 2.13. The van der Waals surface area contributed by atoms with Crippen LogP contribution in [0.1, 0.15) is 24.2 Å². The van der Waals surface area contributed by atoms with Crippen LogP contribution in [0.2, 0.25) is 0 Å². The molecule has 0 fully saturated rings. The minimum absolute atomic E-state index is 0.179. The number of hydrogen-bond donors (Lipinski definition) is 1. The van der Waals surface area contributed by atoms with Gasteiger partial charge in [-0.3, -0.25) is 0 Å². The summed E-state index contributed by atoms with van der Waals surface area (Å²) in [6.45, 7) is 5.09. The lowest BCUT2D eigenvalue weighted by molar-refractivity contribution is 0.0695. The molecule has 1 N–H and O–H groups in total. The van der Waals surface area contributed by atoms with E-state index >= 15 is 0 Å². The molecule has 0 saturated carbocycles. The fourth-order valence-corrected chi connectivity index (χ4v) is 1.65. The van der Waals surface area contributed by atoms with Crippen LogP contribution in [-0.4, -0.2) is 38.8 Å². The minimum atomic E-state index is -0.963. The Morgan fingerprint density at radius 3 is 2.94 bits per heavy atom. The van der Waals surface area contributed by atoms with Gasteiger partial charge in [-0.05, 0) is 32.0 Å². The lowest BCUT2D eigenvalue weighted by Crippen LogP contribution is -2.11. The molecule has 2 aromatic rings. The quantitative estimate of drug-likeness (QED) is 0.870. The predicted octanol–water partition coefficient (Wildman–Crippen LogP) is 1.55. The van der Waals surface area contributed by atoms with Gasteiger partial charge < -0.3 is 9.84 Å². The van der Waals surface area contributed by atoms with E-state index in [0.717, 1.165) is 5.52 Å². The smallest absolute Gasteiger partial charge is 0.335 e. The number of carboxylic acids is 1. The Kier molecular flexibility index (Phi) is 3.57. The molecule has 18 heavy (non-hydrogen) atoms. The Hall–Kier alpha value is -1.95. The maximum absolute atomic E-state index is 10.8. The van der Waals surface area contributed by atoms with E-state index in [1.807, 2.05) is 13.8 Å². The summed E-state index contributed by atoms with van der Waals surface area (Å²) < 4.78 is 7.15. The highest BCUT2D eigenvalue weighted by molar-refractivity contribution is 5.92. The Morgan fingerprint density at radius 2 is 2.28 bits per heavy atom. The van der Waals surface area contributed by atoms with Crippen LogP contribution in [0.4, 0.5) is 0 Å². The first kappa shape index (κ1) is 12.5. The lowest BCUT2D eigenvalue weighted by atomic mass is 10.2. The molecule has 0 aliphatic heterocycles. The average Bonchev–Trinajstić information content (AvgIpc) is 2.71. The molecule has 0 spiro atoms. The van der Waals surface area contributed by atoms with E-state index in [0.29, 0.717) is 18.7 Å². The zero-order valence-corrected chi connectivity index (χ0v) is 10.3. The summed E-state index contributed by atoms with van der Waals surface area (Å²) >= 11 is 0. The molecule has 0 aliphatic rings. The van der Waals surface area contributed by atoms with Crippen molar-refractivity contribution in [1.82, 2.24) is 15.0 Å². The van der Waals surface area contributed by atoms with Gasteiger partial charge in [-0.1, -0.05) is 5.21 Å². The molecule has 6 heteroatoms. The molecule has 96 valence electrons. The summed E-state index contributed by atoms with van der Waals surface area (Å²) in [7, 11) is 0. The Morgan fingerprint density at radius 1 is 1.50 bits per heavy atom. The third-order valence-electron chi connectivity index (χ3n) is 2.52. The third kappa shape index (κ3) is 2.65. The molecule has 0 radical (unpaired) electrons. The number of nitrogens with zero attached hydrogens (tertiary/aromatic N) is 3. The fraction of sp³-hybridized carbons (Fsp3) is 0.417. The topological polar surface area (TPSA) is 77.2 Å². The number of ether oxygens (including phenoxy) is 1. The van der Waals surface area contributed by atoms with Crippen molar-refractivity contribution in [1.29, 1.82) is 0 Å². The predicted molar refractivity (Wildman–Crippen MR) is 65.6 cm³/mol. The normalized spacial score (nSPS) is 11.3. The molecule has 2 rings (SSSR count). The van der Waals surface area contributed by atoms with Gasteiger partial charge in [0.25, 0.3) is 0 Å². The van der Waals surface area contributed by atoms with Crippen LogP contribution in [0, 0.1) is 0 Å². The monoisotopic (exact) mass is 249 g/mol. The molecule has 0 unspecified atom stereocenters. The van der Waals surface area contributed by atoms with Gasteiger partial charge in [0.2, 0.25) is 0 Å². The van der Waals surface area contributed by atoms with Crippen molar-refractivity contribution in [2.75, 3.05) is 6.61 Å². The molecule has 0 aliphatic carbocycles. The zero-order chi connectivity index (χ0) is 13.1. The second kappa shape index (κ2) is 5.14. The molecule has 0 saturated heterocycles. The van der Waals surface area contributed by atoms with Crippen molar-refractivity contribution in [3.8, 4) is 0 Å². The van der Waals surface area contributed by atoms with Crippen LogP contribution in [0.3, 0.4) is 0 Å². The van der Waals surface area contributed by atoms with Crippen molar-refractivity contribution >= 4 is 17.0 Å². The largest absolute Gasteiger partial charge is 0.478 e. The van der Waals surface area contributed by atoms with Crippen molar-refractivity contribution in [2.24, 2.45) is 0 Å². The first-order valence-electron chi connectivity index (χ1n) is 5.76. The second-order valence-electron chi connectivity index (χ2n) is 4.24. The van der Waals surface area contributed by atoms with Crippen molar-refractivity contribution in [3.63, 3.8) is 0 Å². The minimum Gasteiger partial charge on any atom is -0.478 e. The number of aromatic carboxylic acids is 1. The zero-order valence-electron chi connectivity index (χ0n) is 10.3. The van der Waals surface area contributed by atoms with Crippen molar-refractivity contribution in [2.45, 2.75) is 26.5 Å². The van der Waals surface area contributed by atoms with Gasteiger partial charge >= 0.3 is 5.97 Å². The van der Waals surface area contributed by atoms with E-state index in [1.54, 1.807) is 16.8 Å². The van der Waals surface area contributed by atoms with Crippen LogP contribution in [0.15, 0.2) is 18.2 Å². The summed E-state index contributed by atoms with van der Waals surface area (Å²) in [4.78, 5) is 10.8. The van der Waals surface area contributed by atoms with Crippen LogP contribution < -0.4 is 0 Å². The van der Waals surface area contributed by atoms with Crippen LogP contribution in [0.25, 0.3) is 11.0 Å². The Balaban J connectivity index is 2.18. The average molecular weight is 249 g/mol. The lowest BCUT2D eigenvalue weighted by Gasteiger charge is -2.07. The van der Waals surface area contributed by atoms with E-state index < -0.39 is 5.97 Å². The number of fused-ring (bicyclic) bond motifs is 1. The van der Waals surface area contributed by atoms with Gasteiger partial charge in [-0.15, -0.1) is 5.10 Å². The maximum Gasteiger partial charge on any atom is 0.335 e. The van der Waals surface area contributed by atoms with Gasteiger partial charge in [0.15, 0.2) is 0 Å². The number of rotatable bonds is 5. The Bertz CT molecular complexity index is 563. The summed E-state index contributed by atoms with van der Waals surface area (Å²) in [6, 6.07) is 4.78. The van der Waals surface area contributed by atoms with Crippen LogP contribution in [-0.2, 0) is 11.3 Å². The van der Waals surface area contributed by atoms with Crippen molar-refractivity contribution in [3.05, 3.63) is 23.8 Å². The molecular formula is C12H15N3O3. The summed E-state index contributed by atoms with van der Waals surface area (Å²) in [5.41, 5.74) is 1.61. The molecule has 0 bridgehead atoms. The van der Waals surface area contributed by atoms with Crippen LogP contribution in [0.5, 0.6) is 0 Å². The van der Waals surface area contributed by atoms with Gasteiger partial charge in [0.05, 0.1) is 30.3 Å². The number of benzene rings is 1. The Labute approximate surface area is 104 Å². The first-order valence-corrected chi connectivity index (χ1v) is 5.76. The summed E-state index contributed by atoms with van der Waals surface area (Å²) in [5.74, 6) is -0.963. The molecule has 1 aromatic heterocycles. The second-order valence-corrected chi connectivity index (χ2v) is 4.24. The van der Waals surface area contributed by atoms with Crippen LogP contribution >= 0.6 is 0 Å². The van der Waals surface area contributed by atoms with E-state index in [1.165, 1.54) is 6.07 Å². The highest BCUT2D eigenvalue weighted by Gasteiger charge is 2.08. The number of carbonyl (C=O) groups is 1. The van der Waals surface area contributed by atoms with Crippen molar-refractivity contribution < 1.29 is 14.6 Å². The summed E-state index contributed by atoms with van der Waals surface area (Å²) in [5, 5.41) is 16.8. The third-order valence-corrected chi connectivity index (χ3v) is 2.52.